The molecule has 2 aromatic heterocycles. The molecule has 0 saturated carbocycles. The first-order valence-corrected chi connectivity index (χ1v) is 11.0. The lowest BCUT2D eigenvalue weighted by atomic mass is 10.3. The van der Waals surface area contributed by atoms with Gasteiger partial charge < -0.3 is 18.8 Å². The van der Waals surface area contributed by atoms with E-state index in [0.717, 1.165) is 21.6 Å². The third kappa shape index (κ3) is 4.13. The molecule has 1 aliphatic rings. The average molecular weight is 473 g/mol. The highest BCUT2D eigenvalue weighted by molar-refractivity contribution is 7.20. The topological polar surface area (TPSA) is 79.1 Å². The van der Waals surface area contributed by atoms with E-state index in [9.17, 15) is 9.59 Å². The molecular formula is C18H14Cl2N2O5S2. The number of esters is 1. The quantitative estimate of drug-likeness (QED) is 0.510. The van der Waals surface area contributed by atoms with Gasteiger partial charge in [-0.05, 0) is 13.0 Å². The molecule has 1 aromatic carbocycles. The second kappa shape index (κ2) is 8.35. The summed E-state index contributed by atoms with van der Waals surface area (Å²) in [4.78, 5) is 29.2. The Hall–Kier alpha value is -2.07. The van der Waals surface area contributed by atoms with E-state index in [1.54, 1.807) is 11.5 Å². The average Bonchev–Trinajstić information content (AvgIpc) is 3.35. The van der Waals surface area contributed by atoms with Crippen LogP contribution in [-0.4, -0.2) is 29.8 Å². The number of benzene rings is 1. The number of halogens is 2. The molecule has 0 bridgehead atoms. The van der Waals surface area contributed by atoms with Gasteiger partial charge in [0.05, 0.1) is 33.1 Å². The van der Waals surface area contributed by atoms with E-state index in [1.807, 2.05) is 12.1 Å². The molecule has 3 aromatic rings. The minimum atomic E-state index is -0.505. The molecule has 0 atom stereocenters. The van der Waals surface area contributed by atoms with Crippen LogP contribution >= 0.6 is 45.9 Å². The Bertz CT molecular complexity index is 1180. The molecule has 1 aliphatic heterocycles. The summed E-state index contributed by atoms with van der Waals surface area (Å²) in [5.41, 5.74) is 1.02. The van der Waals surface area contributed by atoms with Gasteiger partial charge in [-0.25, -0.2) is 0 Å². The second-order valence-corrected chi connectivity index (χ2v) is 9.21. The van der Waals surface area contributed by atoms with E-state index in [4.69, 9.17) is 37.4 Å². The van der Waals surface area contributed by atoms with Crippen LogP contribution in [0.5, 0.6) is 11.5 Å². The van der Waals surface area contributed by atoms with Crippen LogP contribution in [-0.2, 0) is 16.1 Å². The highest BCUT2D eigenvalue weighted by Crippen LogP contribution is 2.37. The van der Waals surface area contributed by atoms with Crippen LogP contribution in [0.4, 0.5) is 0 Å². The van der Waals surface area contributed by atoms with Gasteiger partial charge in [0.25, 0.3) is 5.91 Å². The predicted octanol–water partition coefficient (Wildman–Crippen LogP) is 4.49. The fourth-order valence-electron chi connectivity index (χ4n) is 2.83. The van der Waals surface area contributed by atoms with Gasteiger partial charge in [0.1, 0.15) is 4.34 Å². The lowest BCUT2D eigenvalue weighted by Crippen LogP contribution is -2.19. The van der Waals surface area contributed by atoms with Crippen molar-refractivity contribution >= 4 is 68.0 Å². The Balaban J connectivity index is 1.79. The van der Waals surface area contributed by atoms with Crippen molar-refractivity contribution in [3.63, 3.8) is 0 Å². The van der Waals surface area contributed by atoms with Crippen molar-refractivity contribution in [1.29, 1.82) is 0 Å². The van der Waals surface area contributed by atoms with E-state index >= 15 is 0 Å². The number of aromatic nitrogens is 1. The minimum Gasteiger partial charge on any atom is -0.466 e. The number of rotatable bonds is 5. The maximum absolute atomic E-state index is 12.7. The van der Waals surface area contributed by atoms with Crippen molar-refractivity contribution in [3.05, 3.63) is 37.2 Å². The number of fused-ring (bicyclic) bond motifs is 2. The van der Waals surface area contributed by atoms with E-state index < -0.39 is 5.91 Å². The zero-order valence-corrected chi connectivity index (χ0v) is 18.2. The normalized spacial score (nSPS) is 13.3. The molecule has 0 saturated heterocycles. The molecule has 29 heavy (non-hydrogen) atoms. The summed E-state index contributed by atoms with van der Waals surface area (Å²) < 4.78 is 19.2. The van der Waals surface area contributed by atoms with Gasteiger partial charge in [-0.2, -0.15) is 4.99 Å². The predicted molar refractivity (Wildman–Crippen MR) is 111 cm³/mol. The Morgan fingerprint density at radius 2 is 1.97 bits per heavy atom. The molecule has 0 unspecified atom stereocenters. The lowest BCUT2D eigenvalue weighted by molar-refractivity contribution is -0.143. The standard InChI is InChI=1S/C18H14Cl2N2O5S2/c1-2-25-15(23)3-4-22-10-6-11-12(27-8-26-11)7-13(10)28-18(22)21-17(24)9-5-14(19)29-16(9)20/h5-7H,2-4,8H2,1H3. The highest BCUT2D eigenvalue weighted by Gasteiger charge is 2.19. The Morgan fingerprint density at radius 3 is 2.66 bits per heavy atom. The zero-order chi connectivity index (χ0) is 20.5. The summed E-state index contributed by atoms with van der Waals surface area (Å²) in [5, 5.41) is 0. The third-order valence-electron chi connectivity index (χ3n) is 4.11. The molecule has 152 valence electrons. The summed E-state index contributed by atoms with van der Waals surface area (Å²) >= 11 is 14.4. The highest BCUT2D eigenvalue weighted by atomic mass is 35.5. The number of thiazole rings is 1. The van der Waals surface area contributed by atoms with E-state index in [0.29, 0.717) is 33.8 Å². The number of thiophene rings is 1. The molecule has 4 rings (SSSR count). The maximum atomic E-state index is 12.7. The zero-order valence-electron chi connectivity index (χ0n) is 15.1. The molecule has 11 heteroatoms. The summed E-state index contributed by atoms with van der Waals surface area (Å²) in [6.45, 7) is 2.51. The summed E-state index contributed by atoms with van der Waals surface area (Å²) in [5.74, 6) is 0.396. The molecular weight excluding hydrogens is 459 g/mol. The van der Waals surface area contributed by atoms with Crippen LogP contribution in [0.3, 0.4) is 0 Å². The largest absolute Gasteiger partial charge is 0.466 e. The van der Waals surface area contributed by atoms with E-state index in [1.165, 1.54) is 17.4 Å². The molecule has 7 nitrogen and oxygen atoms in total. The van der Waals surface area contributed by atoms with Crippen LogP contribution in [0.15, 0.2) is 23.2 Å². The van der Waals surface area contributed by atoms with E-state index in [2.05, 4.69) is 4.99 Å². The summed E-state index contributed by atoms with van der Waals surface area (Å²) in [6, 6.07) is 5.14. The van der Waals surface area contributed by atoms with Gasteiger partial charge in [-0.1, -0.05) is 34.5 Å². The number of hydrogen-bond acceptors (Lipinski definition) is 7. The molecule has 1 amide bonds. The van der Waals surface area contributed by atoms with Crippen molar-refractivity contribution in [3.8, 4) is 11.5 Å². The van der Waals surface area contributed by atoms with Gasteiger partial charge >= 0.3 is 5.97 Å². The first kappa shape index (κ1) is 20.2. The Kier molecular flexibility index (Phi) is 5.82. The molecule has 0 aliphatic carbocycles. The van der Waals surface area contributed by atoms with Crippen LogP contribution in [0.25, 0.3) is 10.2 Å². The van der Waals surface area contributed by atoms with Gasteiger partial charge in [-0.15, -0.1) is 11.3 Å². The van der Waals surface area contributed by atoms with Gasteiger partial charge in [-0.3, -0.25) is 9.59 Å². The fraction of sp³-hybridized carbons (Fsp3) is 0.278. The van der Waals surface area contributed by atoms with Crippen molar-refractivity contribution < 1.29 is 23.8 Å². The van der Waals surface area contributed by atoms with Crippen LogP contribution in [0.2, 0.25) is 8.67 Å². The molecule has 0 fully saturated rings. The third-order valence-corrected chi connectivity index (χ3v) is 6.63. The van der Waals surface area contributed by atoms with Gasteiger partial charge in [0, 0.05) is 18.7 Å². The lowest BCUT2D eigenvalue weighted by Gasteiger charge is -2.06. The minimum absolute atomic E-state index is 0.139. The van der Waals surface area contributed by atoms with Crippen LogP contribution in [0, 0.1) is 0 Å². The van der Waals surface area contributed by atoms with Crippen molar-refractivity contribution in [2.24, 2.45) is 4.99 Å². The molecule has 0 N–H and O–H groups in total. The maximum Gasteiger partial charge on any atom is 0.307 e. The molecule has 0 radical (unpaired) electrons. The molecule has 3 heterocycles. The van der Waals surface area contributed by atoms with Gasteiger partial charge in [0.2, 0.25) is 6.79 Å². The molecule has 0 spiro atoms. The number of carbonyl (C=O) groups is 2. The van der Waals surface area contributed by atoms with Crippen molar-refractivity contribution in [2.75, 3.05) is 13.4 Å². The Morgan fingerprint density at radius 1 is 1.21 bits per heavy atom. The van der Waals surface area contributed by atoms with Crippen molar-refractivity contribution in [2.45, 2.75) is 19.9 Å². The van der Waals surface area contributed by atoms with Crippen molar-refractivity contribution in [1.82, 2.24) is 4.57 Å². The van der Waals surface area contributed by atoms with E-state index in [-0.39, 0.29) is 29.1 Å². The number of ether oxygens (including phenoxy) is 3. The first-order valence-electron chi connectivity index (χ1n) is 8.58. The summed E-state index contributed by atoms with van der Waals surface area (Å²) in [7, 11) is 0. The van der Waals surface area contributed by atoms with Crippen LogP contribution < -0.4 is 14.3 Å². The SMILES string of the molecule is CCOC(=O)CCn1c(=NC(=O)c2cc(Cl)sc2Cl)sc2cc3c(cc21)OCO3. The van der Waals surface area contributed by atoms with Crippen LogP contribution in [0.1, 0.15) is 23.7 Å². The number of hydrogen-bond donors (Lipinski definition) is 0. The Labute approximate surface area is 183 Å². The van der Waals surface area contributed by atoms with Gasteiger partial charge in [0.15, 0.2) is 16.3 Å². The monoisotopic (exact) mass is 472 g/mol. The summed E-state index contributed by atoms with van der Waals surface area (Å²) in [6.07, 6.45) is 0.139. The second-order valence-electron chi connectivity index (χ2n) is 5.92. The fourth-order valence-corrected chi connectivity index (χ4v) is 5.34. The number of aryl methyl sites for hydroxylation is 1. The number of amides is 1. The number of carbonyl (C=O) groups excluding carboxylic acids is 2. The first-order chi connectivity index (χ1) is 14.0. The smallest absolute Gasteiger partial charge is 0.307 e. The number of nitrogens with zero attached hydrogens (tertiary/aromatic N) is 2.